The number of methoxy groups -OCH3 is 3. The van der Waals surface area contributed by atoms with Crippen LogP contribution in [0.15, 0.2) is 36.4 Å². The lowest BCUT2D eigenvalue weighted by Crippen LogP contribution is -2.22. The summed E-state index contributed by atoms with van der Waals surface area (Å²) in [7, 11) is 4.40. The number of aromatic hydroxyl groups is 1. The highest BCUT2D eigenvalue weighted by atomic mass is 32.1. The molecule has 32 heavy (non-hydrogen) atoms. The standard InChI is InChI=1S/C23H21NO7S/c1-29-13-6-4-11(5-7-13)18-19-21(32-22(18)23(27)28)14(10-17(25)24-19)12-8-15(30-2)20(26)16(9-12)31-3/h4-9,14,26H,10H2,1-3H3,(H,24,25)(H,27,28). The van der Waals surface area contributed by atoms with Crippen LogP contribution in [0.3, 0.4) is 0 Å². The van der Waals surface area contributed by atoms with Crippen molar-refractivity contribution in [2.45, 2.75) is 12.3 Å². The first kappa shape index (κ1) is 21.5. The summed E-state index contributed by atoms with van der Waals surface area (Å²) < 4.78 is 15.7. The van der Waals surface area contributed by atoms with Crippen molar-refractivity contribution in [3.63, 3.8) is 0 Å². The lowest BCUT2D eigenvalue weighted by molar-refractivity contribution is -0.116. The molecule has 0 fully saturated rings. The number of amides is 1. The maximum atomic E-state index is 12.7. The molecule has 2 aromatic carbocycles. The molecule has 0 bridgehead atoms. The molecule has 0 saturated heterocycles. The molecule has 1 unspecified atom stereocenters. The minimum atomic E-state index is -1.08. The Labute approximate surface area is 188 Å². The molecule has 166 valence electrons. The predicted octanol–water partition coefficient (Wildman–Crippen LogP) is 4.32. The number of hydrogen-bond donors (Lipinski definition) is 3. The van der Waals surface area contributed by atoms with Gasteiger partial charge in [0.25, 0.3) is 0 Å². The number of phenols is 1. The Morgan fingerprint density at radius 2 is 1.69 bits per heavy atom. The Morgan fingerprint density at radius 3 is 2.22 bits per heavy atom. The van der Waals surface area contributed by atoms with Crippen LogP contribution in [0.2, 0.25) is 0 Å². The summed E-state index contributed by atoms with van der Waals surface area (Å²) in [5.41, 5.74) is 2.26. The number of fused-ring (bicyclic) bond motifs is 1. The fourth-order valence-electron chi connectivity index (χ4n) is 3.85. The molecule has 1 amide bonds. The van der Waals surface area contributed by atoms with Gasteiger partial charge in [-0.05, 0) is 35.4 Å². The second kappa shape index (κ2) is 8.43. The number of ether oxygens (including phenoxy) is 3. The zero-order chi connectivity index (χ0) is 23.0. The van der Waals surface area contributed by atoms with Crippen LogP contribution in [0.4, 0.5) is 5.69 Å². The molecular weight excluding hydrogens is 434 g/mol. The van der Waals surface area contributed by atoms with Gasteiger partial charge < -0.3 is 29.7 Å². The van der Waals surface area contributed by atoms with Crippen molar-refractivity contribution >= 4 is 28.9 Å². The summed E-state index contributed by atoms with van der Waals surface area (Å²) in [4.78, 5) is 25.6. The Morgan fingerprint density at radius 1 is 1.06 bits per heavy atom. The number of hydrogen-bond acceptors (Lipinski definition) is 7. The largest absolute Gasteiger partial charge is 0.502 e. The number of carbonyl (C=O) groups excluding carboxylic acids is 1. The quantitative estimate of drug-likeness (QED) is 0.507. The Balaban J connectivity index is 1.92. The predicted molar refractivity (Wildman–Crippen MR) is 120 cm³/mol. The van der Waals surface area contributed by atoms with E-state index in [2.05, 4.69) is 5.32 Å². The van der Waals surface area contributed by atoms with Crippen molar-refractivity contribution in [1.29, 1.82) is 0 Å². The zero-order valence-electron chi connectivity index (χ0n) is 17.6. The Hall–Kier alpha value is -3.72. The van der Waals surface area contributed by atoms with Gasteiger partial charge in [0.1, 0.15) is 10.6 Å². The smallest absolute Gasteiger partial charge is 0.346 e. The van der Waals surface area contributed by atoms with Crippen LogP contribution in [0.25, 0.3) is 11.1 Å². The lowest BCUT2D eigenvalue weighted by atomic mass is 9.88. The molecule has 0 aliphatic carbocycles. The van der Waals surface area contributed by atoms with Crippen LogP contribution in [-0.4, -0.2) is 43.4 Å². The molecule has 4 rings (SSSR count). The topological polar surface area (TPSA) is 114 Å². The van der Waals surface area contributed by atoms with Crippen molar-refractivity contribution in [3.05, 3.63) is 51.7 Å². The Bertz CT molecular complexity index is 1170. The van der Waals surface area contributed by atoms with E-state index in [1.165, 1.54) is 14.2 Å². The summed E-state index contributed by atoms with van der Waals surface area (Å²) in [6.07, 6.45) is 0.117. The molecule has 0 saturated carbocycles. The van der Waals surface area contributed by atoms with Crippen LogP contribution in [-0.2, 0) is 4.79 Å². The molecule has 3 N–H and O–H groups in total. The number of rotatable bonds is 6. The van der Waals surface area contributed by atoms with E-state index in [-0.39, 0.29) is 34.5 Å². The van der Waals surface area contributed by atoms with Crippen molar-refractivity contribution in [2.75, 3.05) is 26.6 Å². The molecular formula is C23H21NO7S. The van der Waals surface area contributed by atoms with Crippen molar-refractivity contribution < 1.29 is 34.0 Å². The summed E-state index contributed by atoms with van der Waals surface area (Å²) >= 11 is 1.12. The number of anilines is 1. The number of aromatic carboxylic acids is 1. The fourth-order valence-corrected chi connectivity index (χ4v) is 5.10. The van der Waals surface area contributed by atoms with E-state index in [0.717, 1.165) is 11.3 Å². The van der Waals surface area contributed by atoms with Crippen LogP contribution < -0.4 is 19.5 Å². The van der Waals surface area contributed by atoms with E-state index >= 15 is 0 Å². The molecule has 8 nitrogen and oxygen atoms in total. The van der Waals surface area contributed by atoms with Gasteiger partial charge >= 0.3 is 5.97 Å². The van der Waals surface area contributed by atoms with Crippen molar-refractivity contribution in [3.8, 4) is 34.1 Å². The van der Waals surface area contributed by atoms with Gasteiger partial charge in [-0.25, -0.2) is 4.79 Å². The van der Waals surface area contributed by atoms with Crippen molar-refractivity contribution in [1.82, 2.24) is 0 Å². The maximum absolute atomic E-state index is 12.7. The lowest BCUT2D eigenvalue weighted by Gasteiger charge is -2.25. The van der Waals surface area contributed by atoms with Crippen LogP contribution in [0.1, 0.15) is 32.5 Å². The number of nitrogens with one attached hydrogen (secondary N) is 1. The summed E-state index contributed by atoms with van der Waals surface area (Å²) in [6.45, 7) is 0. The molecule has 0 spiro atoms. The number of phenolic OH excluding ortho intramolecular Hbond substituents is 1. The molecule has 2 heterocycles. The number of benzene rings is 2. The fraction of sp³-hybridized carbons (Fsp3) is 0.217. The van der Waals surface area contributed by atoms with Gasteiger partial charge in [0.2, 0.25) is 11.7 Å². The van der Waals surface area contributed by atoms with E-state index < -0.39 is 11.9 Å². The maximum Gasteiger partial charge on any atom is 0.346 e. The SMILES string of the molecule is COc1ccc(-c2c(C(=O)O)sc3c2NC(=O)CC3c2cc(OC)c(O)c(OC)c2)cc1. The molecule has 9 heteroatoms. The van der Waals surface area contributed by atoms with E-state index in [1.807, 2.05) is 0 Å². The third-order valence-corrected chi connectivity index (χ3v) is 6.67. The molecule has 1 aliphatic heterocycles. The van der Waals surface area contributed by atoms with Gasteiger partial charge in [0.05, 0.1) is 27.0 Å². The Kier molecular flexibility index (Phi) is 5.67. The highest BCUT2D eigenvalue weighted by molar-refractivity contribution is 7.15. The average molecular weight is 455 g/mol. The van der Waals surface area contributed by atoms with E-state index in [4.69, 9.17) is 14.2 Å². The molecule has 1 atom stereocenters. The summed E-state index contributed by atoms with van der Waals surface area (Å²) in [5, 5.41) is 23.0. The zero-order valence-corrected chi connectivity index (χ0v) is 18.4. The second-order valence-electron chi connectivity index (χ2n) is 7.16. The molecule has 0 radical (unpaired) electrons. The first-order chi connectivity index (χ1) is 15.4. The molecule has 1 aliphatic rings. The number of carbonyl (C=O) groups is 2. The van der Waals surface area contributed by atoms with E-state index in [9.17, 15) is 19.8 Å². The number of thiophene rings is 1. The minimum Gasteiger partial charge on any atom is -0.502 e. The van der Waals surface area contributed by atoms with Gasteiger partial charge in [0.15, 0.2) is 11.5 Å². The summed E-state index contributed by atoms with van der Waals surface area (Å²) in [6, 6.07) is 10.3. The number of carboxylic acid groups (broad SMARTS) is 1. The third kappa shape index (κ3) is 3.60. The van der Waals surface area contributed by atoms with Gasteiger partial charge in [-0.15, -0.1) is 11.3 Å². The summed E-state index contributed by atoms with van der Waals surface area (Å²) in [5.74, 6) is -0.843. The normalized spacial score (nSPS) is 15.0. The van der Waals surface area contributed by atoms with Crippen molar-refractivity contribution in [2.24, 2.45) is 0 Å². The van der Waals surface area contributed by atoms with Crippen LogP contribution in [0.5, 0.6) is 23.0 Å². The van der Waals surface area contributed by atoms with E-state index in [0.29, 0.717) is 33.0 Å². The van der Waals surface area contributed by atoms with Crippen LogP contribution >= 0.6 is 11.3 Å². The minimum absolute atomic E-state index is 0.117. The average Bonchev–Trinajstić information content (AvgIpc) is 3.18. The first-order valence-corrected chi connectivity index (χ1v) is 10.5. The van der Waals surface area contributed by atoms with Gasteiger partial charge in [-0.3, -0.25) is 4.79 Å². The monoisotopic (exact) mass is 455 g/mol. The van der Waals surface area contributed by atoms with Gasteiger partial charge in [-0.1, -0.05) is 12.1 Å². The van der Waals surface area contributed by atoms with Gasteiger partial charge in [-0.2, -0.15) is 0 Å². The van der Waals surface area contributed by atoms with Crippen LogP contribution in [0, 0.1) is 0 Å². The highest BCUT2D eigenvalue weighted by Crippen LogP contribution is 2.51. The van der Waals surface area contributed by atoms with E-state index in [1.54, 1.807) is 43.5 Å². The molecule has 1 aromatic heterocycles. The highest BCUT2D eigenvalue weighted by Gasteiger charge is 2.35. The second-order valence-corrected chi connectivity index (χ2v) is 8.21. The first-order valence-electron chi connectivity index (χ1n) is 9.67. The molecule has 3 aromatic rings. The number of carboxylic acids is 1. The van der Waals surface area contributed by atoms with Gasteiger partial charge in [0, 0.05) is 22.8 Å². The third-order valence-electron chi connectivity index (χ3n) is 5.38.